The van der Waals surface area contributed by atoms with Crippen molar-refractivity contribution in [2.24, 2.45) is 5.73 Å². The second-order valence-electron chi connectivity index (χ2n) is 5.88. The third kappa shape index (κ3) is 5.99. The summed E-state index contributed by atoms with van der Waals surface area (Å²) in [6, 6.07) is 6.74. The number of hydrogen-bond acceptors (Lipinski definition) is 4. The van der Waals surface area contributed by atoms with Crippen LogP contribution >= 0.6 is 12.4 Å². The zero-order chi connectivity index (χ0) is 16.8. The highest BCUT2D eigenvalue weighted by atomic mass is 35.5. The molecule has 0 radical (unpaired) electrons. The van der Waals surface area contributed by atoms with Crippen molar-refractivity contribution in [1.29, 1.82) is 0 Å². The SMILES string of the molecule is CC(C)NC(=O)Nc1ccc(NC(=O)[C@@H]2CC[C@H](CN)O2)cc1.Cl. The number of carbonyl (C=O) groups is 2. The molecule has 0 aromatic heterocycles. The lowest BCUT2D eigenvalue weighted by Gasteiger charge is -2.13. The molecule has 24 heavy (non-hydrogen) atoms. The number of amides is 3. The maximum atomic E-state index is 12.1. The minimum absolute atomic E-state index is 0. The lowest BCUT2D eigenvalue weighted by atomic mass is 10.2. The minimum atomic E-state index is -0.446. The van der Waals surface area contributed by atoms with Crippen molar-refractivity contribution in [2.75, 3.05) is 17.2 Å². The Labute approximate surface area is 148 Å². The first-order chi connectivity index (χ1) is 11.0. The molecule has 8 heteroatoms. The maximum Gasteiger partial charge on any atom is 0.319 e. The Hall–Kier alpha value is -1.83. The number of anilines is 2. The Morgan fingerprint density at radius 1 is 1.17 bits per heavy atom. The molecule has 1 heterocycles. The van der Waals surface area contributed by atoms with Gasteiger partial charge in [0.1, 0.15) is 6.10 Å². The van der Waals surface area contributed by atoms with Crippen LogP contribution in [0.15, 0.2) is 24.3 Å². The fraction of sp³-hybridized carbons (Fsp3) is 0.500. The highest BCUT2D eigenvalue weighted by Gasteiger charge is 2.29. The smallest absolute Gasteiger partial charge is 0.319 e. The third-order valence-electron chi connectivity index (χ3n) is 3.49. The third-order valence-corrected chi connectivity index (χ3v) is 3.49. The van der Waals surface area contributed by atoms with Gasteiger partial charge in [-0.3, -0.25) is 4.79 Å². The van der Waals surface area contributed by atoms with Crippen LogP contribution in [0.1, 0.15) is 26.7 Å². The van der Waals surface area contributed by atoms with Crippen LogP contribution in [0.5, 0.6) is 0 Å². The summed E-state index contributed by atoms with van der Waals surface area (Å²) >= 11 is 0. The van der Waals surface area contributed by atoms with E-state index in [0.717, 1.165) is 6.42 Å². The van der Waals surface area contributed by atoms with E-state index >= 15 is 0 Å². The lowest BCUT2D eigenvalue weighted by molar-refractivity contribution is -0.126. The van der Waals surface area contributed by atoms with Gasteiger partial charge in [0.2, 0.25) is 0 Å². The summed E-state index contributed by atoms with van der Waals surface area (Å²) in [7, 11) is 0. The van der Waals surface area contributed by atoms with E-state index in [-0.39, 0.29) is 36.5 Å². The fourth-order valence-electron chi connectivity index (χ4n) is 2.36. The van der Waals surface area contributed by atoms with E-state index < -0.39 is 6.10 Å². The van der Waals surface area contributed by atoms with Crippen LogP contribution < -0.4 is 21.7 Å². The number of nitrogens with one attached hydrogen (secondary N) is 3. The summed E-state index contributed by atoms with van der Waals surface area (Å²) in [5.41, 5.74) is 6.85. The summed E-state index contributed by atoms with van der Waals surface area (Å²) in [5, 5.41) is 8.27. The van der Waals surface area contributed by atoms with Crippen LogP contribution in [0, 0.1) is 0 Å². The molecule has 1 aliphatic rings. The number of urea groups is 1. The number of benzene rings is 1. The van der Waals surface area contributed by atoms with Gasteiger partial charge < -0.3 is 26.4 Å². The van der Waals surface area contributed by atoms with Gasteiger partial charge in [-0.2, -0.15) is 0 Å². The summed E-state index contributed by atoms with van der Waals surface area (Å²) in [6.07, 6.45) is 1.01. The average Bonchev–Trinajstić information content (AvgIpc) is 2.97. The lowest BCUT2D eigenvalue weighted by Crippen LogP contribution is -2.34. The first-order valence-electron chi connectivity index (χ1n) is 7.82. The molecule has 2 rings (SSSR count). The van der Waals surface area contributed by atoms with Gasteiger partial charge in [0.25, 0.3) is 5.91 Å². The van der Waals surface area contributed by atoms with E-state index in [1.54, 1.807) is 24.3 Å². The van der Waals surface area contributed by atoms with Crippen LogP contribution in [0.2, 0.25) is 0 Å². The summed E-state index contributed by atoms with van der Waals surface area (Å²) < 4.78 is 5.56. The summed E-state index contributed by atoms with van der Waals surface area (Å²) in [4.78, 5) is 23.7. The Morgan fingerprint density at radius 3 is 2.25 bits per heavy atom. The van der Waals surface area contributed by atoms with Crippen LogP contribution in [0.3, 0.4) is 0 Å². The van der Waals surface area contributed by atoms with Gasteiger partial charge in [-0.05, 0) is 51.0 Å². The second-order valence-corrected chi connectivity index (χ2v) is 5.88. The molecule has 5 N–H and O–H groups in total. The molecular formula is C16H25ClN4O3. The molecule has 1 aliphatic heterocycles. The van der Waals surface area contributed by atoms with Crippen molar-refractivity contribution in [2.45, 2.75) is 44.9 Å². The van der Waals surface area contributed by atoms with Crippen LogP contribution in [0.4, 0.5) is 16.2 Å². The van der Waals surface area contributed by atoms with Gasteiger partial charge in [0, 0.05) is 24.0 Å². The normalized spacial score (nSPS) is 19.5. The summed E-state index contributed by atoms with van der Waals surface area (Å²) in [6.45, 7) is 4.21. The highest BCUT2D eigenvalue weighted by molar-refractivity contribution is 5.95. The van der Waals surface area contributed by atoms with Gasteiger partial charge >= 0.3 is 6.03 Å². The number of ether oxygens (including phenoxy) is 1. The average molecular weight is 357 g/mol. The summed E-state index contributed by atoms with van der Waals surface area (Å²) in [5.74, 6) is -0.167. The van der Waals surface area contributed by atoms with Gasteiger partial charge in [-0.25, -0.2) is 4.79 Å². The van der Waals surface area contributed by atoms with E-state index in [9.17, 15) is 9.59 Å². The van der Waals surface area contributed by atoms with Crippen molar-refractivity contribution in [3.8, 4) is 0 Å². The molecule has 2 atom stereocenters. The quantitative estimate of drug-likeness (QED) is 0.648. The molecule has 0 bridgehead atoms. The standard InChI is InChI=1S/C16H24N4O3.ClH/c1-10(2)18-16(22)20-12-5-3-11(4-6-12)19-15(21)14-8-7-13(9-17)23-14;/h3-6,10,13-14H,7-9,17H2,1-2H3,(H,19,21)(H2,18,20,22);1H/t13-,14+;/m1./s1. The highest BCUT2D eigenvalue weighted by Crippen LogP contribution is 2.21. The molecule has 0 unspecified atom stereocenters. The number of hydrogen-bond donors (Lipinski definition) is 4. The van der Waals surface area contributed by atoms with Gasteiger partial charge in [-0.1, -0.05) is 0 Å². The van der Waals surface area contributed by atoms with Crippen molar-refractivity contribution in [1.82, 2.24) is 5.32 Å². The monoisotopic (exact) mass is 356 g/mol. The second kappa shape index (κ2) is 9.46. The molecular weight excluding hydrogens is 332 g/mol. The fourth-order valence-corrected chi connectivity index (χ4v) is 2.36. The molecule has 1 saturated heterocycles. The molecule has 0 spiro atoms. The number of halogens is 1. The Kier molecular flexibility index (Phi) is 7.97. The van der Waals surface area contributed by atoms with Crippen LogP contribution in [-0.2, 0) is 9.53 Å². The molecule has 134 valence electrons. The first-order valence-corrected chi connectivity index (χ1v) is 7.82. The van der Waals surface area contributed by atoms with Gasteiger partial charge in [0.05, 0.1) is 6.10 Å². The van der Waals surface area contributed by atoms with E-state index in [1.165, 1.54) is 0 Å². The first kappa shape index (κ1) is 20.2. The molecule has 1 fully saturated rings. The largest absolute Gasteiger partial charge is 0.364 e. The van der Waals surface area contributed by atoms with Crippen molar-refractivity contribution in [3.05, 3.63) is 24.3 Å². The van der Waals surface area contributed by atoms with E-state index in [0.29, 0.717) is 24.3 Å². The molecule has 7 nitrogen and oxygen atoms in total. The minimum Gasteiger partial charge on any atom is -0.364 e. The van der Waals surface area contributed by atoms with Crippen molar-refractivity contribution < 1.29 is 14.3 Å². The Morgan fingerprint density at radius 2 is 1.75 bits per heavy atom. The zero-order valence-electron chi connectivity index (χ0n) is 13.9. The van der Waals surface area contributed by atoms with E-state index in [4.69, 9.17) is 10.5 Å². The predicted octanol–water partition coefficient (Wildman–Crippen LogP) is 2.08. The zero-order valence-corrected chi connectivity index (χ0v) is 14.7. The Balaban J connectivity index is 0.00000288. The molecule has 1 aromatic rings. The van der Waals surface area contributed by atoms with E-state index in [2.05, 4.69) is 16.0 Å². The molecule has 0 aliphatic carbocycles. The topological polar surface area (TPSA) is 105 Å². The van der Waals surface area contributed by atoms with Gasteiger partial charge in [0.15, 0.2) is 0 Å². The van der Waals surface area contributed by atoms with Crippen molar-refractivity contribution in [3.63, 3.8) is 0 Å². The maximum absolute atomic E-state index is 12.1. The Bertz CT molecular complexity index is 551. The van der Waals surface area contributed by atoms with Crippen LogP contribution in [-0.4, -0.2) is 36.7 Å². The van der Waals surface area contributed by atoms with E-state index in [1.807, 2.05) is 13.8 Å². The molecule has 1 aromatic carbocycles. The van der Waals surface area contributed by atoms with Crippen molar-refractivity contribution >= 4 is 35.7 Å². The predicted molar refractivity (Wildman–Crippen MR) is 96.6 cm³/mol. The van der Waals surface area contributed by atoms with Gasteiger partial charge in [-0.15, -0.1) is 12.4 Å². The number of carbonyl (C=O) groups excluding carboxylic acids is 2. The number of rotatable bonds is 5. The molecule has 3 amide bonds. The number of nitrogens with two attached hydrogens (primary N) is 1. The van der Waals surface area contributed by atoms with Crippen LogP contribution in [0.25, 0.3) is 0 Å². The molecule has 0 saturated carbocycles.